The monoisotopic (exact) mass is 451 g/mol. The second-order valence-corrected chi connectivity index (χ2v) is 6.78. The molecule has 2 N–H and O–H groups in total. The largest absolute Gasteiger partial charge is 0.466 e. The quantitative estimate of drug-likeness (QED) is 0.429. The Morgan fingerprint density at radius 3 is 2.28 bits per heavy atom. The second kappa shape index (κ2) is 9.13. The molecule has 0 aliphatic carbocycles. The highest BCUT2D eigenvalue weighted by Crippen LogP contribution is 2.38. The number of rotatable bonds is 6. The number of fused-ring (bicyclic) bond motifs is 1. The van der Waals surface area contributed by atoms with E-state index in [1.54, 1.807) is 0 Å². The van der Waals surface area contributed by atoms with Crippen molar-refractivity contribution in [1.82, 2.24) is 19.5 Å². The summed E-state index contributed by atoms with van der Waals surface area (Å²) in [5.41, 5.74) is 6.29. The number of methoxy groups -OCH3 is 1. The van der Waals surface area contributed by atoms with E-state index >= 15 is 0 Å². The number of hydrogen-bond donors (Lipinski definition) is 1. The average molecular weight is 451 g/mol. The van der Waals surface area contributed by atoms with Gasteiger partial charge in [0, 0.05) is 20.8 Å². The van der Waals surface area contributed by atoms with Crippen molar-refractivity contribution in [2.75, 3.05) is 12.8 Å². The van der Waals surface area contributed by atoms with E-state index in [0.717, 1.165) is 27.9 Å². The van der Waals surface area contributed by atoms with Crippen molar-refractivity contribution < 1.29 is 42.9 Å². The molecule has 1 fully saturated rings. The van der Waals surface area contributed by atoms with Gasteiger partial charge in [-0.25, -0.2) is 19.7 Å². The van der Waals surface area contributed by atoms with E-state index in [1.807, 2.05) is 0 Å². The van der Waals surface area contributed by atoms with Crippen LogP contribution >= 0.6 is 0 Å². The lowest BCUT2D eigenvalue weighted by molar-refractivity contribution is -0.183. The maximum atomic E-state index is 12.4. The van der Waals surface area contributed by atoms with Crippen LogP contribution in [0.5, 0.6) is 0 Å². The van der Waals surface area contributed by atoms with Gasteiger partial charge in [-0.3, -0.25) is 19.0 Å². The number of nitrogen functional groups attached to an aromatic ring is 1. The van der Waals surface area contributed by atoms with Crippen molar-refractivity contribution >= 4 is 40.9 Å². The van der Waals surface area contributed by atoms with Crippen LogP contribution in [0.15, 0.2) is 12.7 Å². The molecular weight excluding hydrogens is 430 g/mol. The number of carbonyl (C=O) groups is 4. The fraction of sp³-hybridized carbons (Fsp3) is 0.500. The molecule has 0 radical (unpaired) electrons. The highest BCUT2D eigenvalue weighted by atomic mass is 16.7. The van der Waals surface area contributed by atoms with Crippen LogP contribution < -0.4 is 5.73 Å². The van der Waals surface area contributed by atoms with Crippen molar-refractivity contribution in [2.24, 2.45) is 0 Å². The molecule has 32 heavy (non-hydrogen) atoms. The molecule has 1 aliphatic rings. The van der Waals surface area contributed by atoms with Gasteiger partial charge in [-0.05, 0) is 0 Å². The predicted octanol–water partition coefficient (Wildman–Crippen LogP) is -0.726. The zero-order chi connectivity index (χ0) is 23.6. The first kappa shape index (κ1) is 22.9. The molecule has 14 nitrogen and oxygen atoms in total. The predicted molar refractivity (Wildman–Crippen MR) is 102 cm³/mol. The van der Waals surface area contributed by atoms with Crippen LogP contribution in [-0.2, 0) is 42.9 Å². The lowest BCUT2D eigenvalue weighted by atomic mass is 10.0. The molecular formula is C18H21N5O9. The normalized spacial score (nSPS) is 23.4. The van der Waals surface area contributed by atoms with Crippen LogP contribution in [-0.4, -0.2) is 74.9 Å². The summed E-state index contributed by atoms with van der Waals surface area (Å²) in [4.78, 5) is 59.7. The number of esters is 4. The summed E-state index contributed by atoms with van der Waals surface area (Å²) < 4.78 is 27.8. The lowest BCUT2D eigenvalue weighted by Crippen LogP contribution is -2.48. The Kier molecular flexibility index (Phi) is 6.53. The highest BCUT2D eigenvalue weighted by molar-refractivity contribution is 5.81. The van der Waals surface area contributed by atoms with Crippen molar-refractivity contribution in [1.29, 1.82) is 0 Å². The van der Waals surface area contributed by atoms with Gasteiger partial charge in [0.05, 0.1) is 13.4 Å². The number of nitrogens with zero attached hydrogens (tertiary/aromatic N) is 4. The molecule has 0 unspecified atom stereocenters. The maximum Gasteiger partial charge on any atom is 0.350 e. The van der Waals surface area contributed by atoms with E-state index in [1.165, 1.54) is 17.2 Å². The summed E-state index contributed by atoms with van der Waals surface area (Å²) in [6.45, 7) is 3.34. The summed E-state index contributed by atoms with van der Waals surface area (Å²) in [6.07, 6.45) is -4.30. The van der Waals surface area contributed by atoms with Crippen molar-refractivity contribution in [3.05, 3.63) is 12.7 Å². The third-order valence-corrected chi connectivity index (χ3v) is 4.52. The summed E-state index contributed by atoms with van der Waals surface area (Å²) >= 11 is 0. The van der Waals surface area contributed by atoms with E-state index in [9.17, 15) is 19.2 Å². The van der Waals surface area contributed by atoms with Crippen LogP contribution in [0.1, 0.15) is 27.0 Å². The molecule has 0 amide bonds. The summed E-state index contributed by atoms with van der Waals surface area (Å²) in [5, 5.41) is 0. The molecule has 1 saturated heterocycles. The molecule has 0 aromatic carbocycles. The standard InChI is InChI=1S/C18H21N5O9/c1-7(24)29-11-12(14(18(27)28-4)31-9(3)26)32-17(13(11)30-8(2)25)23-6-22-10-15(19)20-5-21-16(10)23/h5-6,11-14,17H,1-4H3,(H2,19,20,21)/t11-,12+,13-,14+,17-/m1/s1. The van der Waals surface area contributed by atoms with Gasteiger partial charge in [0.15, 0.2) is 29.9 Å². The van der Waals surface area contributed by atoms with E-state index < -0.39 is 54.5 Å². The van der Waals surface area contributed by atoms with Gasteiger partial charge in [0.2, 0.25) is 6.10 Å². The zero-order valence-electron chi connectivity index (χ0n) is 17.6. The molecule has 172 valence electrons. The van der Waals surface area contributed by atoms with Crippen molar-refractivity contribution in [2.45, 2.75) is 51.4 Å². The van der Waals surface area contributed by atoms with E-state index in [4.69, 9.17) is 29.4 Å². The van der Waals surface area contributed by atoms with Crippen LogP contribution in [0.4, 0.5) is 5.82 Å². The number of aromatic nitrogens is 4. The van der Waals surface area contributed by atoms with Crippen LogP contribution in [0, 0.1) is 0 Å². The summed E-state index contributed by atoms with van der Waals surface area (Å²) in [6, 6.07) is 0. The summed E-state index contributed by atoms with van der Waals surface area (Å²) in [7, 11) is 1.08. The average Bonchev–Trinajstić information content (AvgIpc) is 3.28. The Bertz CT molecular complexity index is 1050. The summed E-state index contributed by atoms with van der Waals surface area (Å²) in [5.74, 6) is -3.16. The van der Waals surface area contributed by atoms with Gasteiger partial charge >= 0.3 is 23.9 Å². The molecule has 0 spiro atoms. The van der Waals surface area contributed by atoms with Crippen molar-refractivity contribution in [3.8, 4) is 0 Å². The van der Waals surface area contributed by atoms with Crippen LogP contribution in [0.25, 0.3) is 11.2 Å². The molecule has 0 saturated carbocycles. The molecule has 1 aliphatic heterocycles. The first-order valence-electron chi connectivity index (χ1n) is 9.32. The van der Waals surface area contributed by atoms with E-state index in [-0.39, 0.29) is 17.0 Å². The fourth-order valence-corrected chi connectivity index (χ4v) is 3.38. The number of nitrogens with two attached hydrogens (primary N) is 1. The topological polar surface area (TPSA) is 184 Å². The van der Waals surface area contributed by atoms with Gasteiger partial charge < -0.3 is 29.4 Å². The molecule has 2 aromatic heterocycles. The molecule has 3 heterocycles. The molecule has 5 atom stereocenters. The number of ether oxygens (including phenoxy) is 5. The minimum absolute atomic E-state index is 0.0937. The van der Waals surface area contributed by atoms with Gasteiger partial charge in [0.25, 0.3) is 0 Å². The highest BCUT2D eigenvalue weighted by Gasteiger charge is 2.56. The third kappa shape index (κ3) is 4.44. The van der Waals surface area contributed by atoms with Crippen LogP contribution in [0.3, 0.4) is 0 Å². The minimum Gasteiger partial charge on any atom is -0.466 e. The minimum atomic E-state index is -1.63. The van der Waals surface area contributed by atoms with Gasteiger partial charge in [-0.1, -0.05) is 0 Å². The van der Waals surface area contributed by atoms with Crippen LogP contribution in [0.2, 0.25) is 0 Å². The Labute approximate surface area is 180 Å². The number of imidazole rings is 1. The van der Waals surface area contributed by atoms with E-state index in [0.29, 0.717) is 0 Å². The van der Waals surface area contributed by atoms with Gasteiger partial charge in [-0.2, -0.15) is 0 Å². The first-order chi connectivity index (χ1) is 15.1. The van der Waals surface area contributed by atoms with Crippen molar-refractivity contribution in [3.63, 3.8) is 0 Å². The first-order valence-corrected chi connectivity index (χ1v) is 9.32. The number of hydrogen-bond acceptors (Lipinski definition) is 13. The second-order valence-electron chi connectivity index (χ2n) is 6.78. The third-order valence-electron chi connectivity index (χ3n) is 4.52. The Balaban J connectivity index is 2.12. The fourth-order valence-electron chi connectivity index (χ4n) is 3.38. The Morgan fingerprint density at radius 1 is 1.03 bits per heavy atom. The molecule has 14 heteroatoms. The molecule has 2 aromatic rings. The lowest BCUT2D eigenvalue weighted by Gasteiger charge is -2.26. The SMILES string of the molecule is COC(=O)[C@@H](OC(C)=O)[C@H]1O[C@@H](n2cnc3c(N)ncnc32)[C@H](OC(C)=O)[C@@H]1OC(C)=O. The van der Waals surface area contributed by atoms with Gasteiger partial charge in [-0.15, -0.1) is 0 Å². The zero-order valence-corrected chi connectivity index (χ0v) is 17.6. The van der Waals surface area contributed by atoms with E-state index in [2.05, 4.69) is 15.0 Å². The Morgan fingerprint density at radius 2 is 1.69 bits per heavy atom. The van der Waals surface area contributed by atoms with Gasteiger partial charge in [0.1, 0.15) is 17.9 Å². The smallest absolute Gasteiger partial charge is 0.350 e. The molecule has 0 bridgehead atoms. The molecule has 3 rings (SSSR count). The Hall–Kier alpha value is -3.81. The number of carbonyl (C=O) groups excluding carboxylic acids is 4. The number of anilines is 1. The maximum absolute atomic E-state index is 12.4.